The summed E-state index contributed by atoms with van der Waals surface area (Å²) in [5.41, 5.74) is 1.45. The number of aliphatic hydroxyl groups excluding tert-OH is 1. The van der Waals surface area contributed by atoms with Gasteiger partial charge in [-0.05, 0) is 37.8 Å². The Labute approximate surface area is 115 Å². The maximum Gasteiger partial charge on any atom is 0.309 e. The largest absolute Gasteiger partial charge is 0.460 e. The van der Waals surface area contributed by atoms with Crippen molar-refractivity contribution in [3.8, 4) is 0 Å². The van der Waals surface area contributed by atoms with Crippen LogP contribution in [0.4, 0.5) is 0 Å². The molecule has 0 amide bonds. The van der Waals surface area contributed by atoms with Crippen LogP contribution < -0.4 is 0 Å². The Kier molecular flexibility index (Phi) is 5.12. The Bertz CT molecular complexity index is 413. The van der Waals surface area contributed by atoms with Crippen molar-refractivity contribution in [3.05, 3.63) is 35.4 Å². The first kappa shape index (κ1) is 15.7. The van der Waals surface area contributed by atoms with Gasteiger partial charge >= 0.3 is 5.97 Å². The third-order valence-corrected chi connectivity index (χ3v) is 2.77. The Morgan fingerprint density at radius 2 is 1.63 bits per heavy atom. The number of ether oxygens (including phenoxy) is 1. The fourth-order valence-corrected chi connectivity index (χ4v) is 1.76. The summed E-state index contributed by atoms with van der Waals surface area (Å²) in [5.74, 6) is 0.0741. The minimum atomic E-state index is -0.809. The van der Waals surface area contributed by atoms with E-state index in [2.05, 4.69) is 13.8 Å². The molecule has 19 heavy (non-hydrogen) atoms. The van der Waals surface area contributed by atoms with Crippen LogP contribution in [0.2, 0.25) is 0 Å². The van der Waals surface area contributed by atoms with E-state index in [-0.39, 0.29) is 12.4 Å². The summed E-state index contributed by atoms with van der Waals surface area (Å²) in [6.45, 7) is 9.68. The van der Waals surface area contributed by atoms with Crippen LogP contribution in [0.5, 0.6) is 0 Å². The number of benzene rings is 1. The second-order valence-corrected chi connectivity index (χ2v) is 6.13. The van der Waals surface area contributed by atoms with Gasteiger partial charge in [0.1, 0.15) is 5.60 Å². The van der Waals surface area contributed by atoms with Crippen molar-refractivity contribution in [3.63, 3.8) is 0 Å². The van der Waals surface area contributed by atoms with E-state index in [1.165, 1.54) is 5.56 Å². The second kappa shape index (κ2) is 6.20. The van der Waals surface area contributed by atoms with E-state index in [0.717, 1.165) is 5.56 Å². The van der Waals surface area contributed by atoms with E-state index in [1.807, 2.05) is 45.0 Å². The summed E-state index contributed by atoms with van der Waals surface area (Å²) >= 11 is 0. The highest BCUT2D eigenvalue weighted by molar-refractivity contribution is 5.70. The smallest absolute Gasteiger partial charge is 0.309 e. The van der Waals surface area contributed by atoms with Gasteiger partial charge in [0, 0.05) is 0 Å². The van der Waals surface area contributed by atoms with Gasteiger partial charge in [-0.1, -0.05) is 38.1 Å². The third-order valence-electron chi connectivity index (χ3n) is 2.77. The molecule has 0 aromatic heterocycles. The van der Waals surface area contributed by atoms with Crippen molar-refractivity contribution in [1.29, 1.82) is 0 Å². The van der Waals surface area contributed by atoms with Gasteiger partial charge in [-0.2, -0.15) is 0 Å². The van der Waals surface area contributed by atoms with E-state index in [1.54, 1.807) is 0 Å². The zero-order valence-electron chi connectivity index (χ0n) is 12.4. The lowest BCUT2D eigenvalue weighted by Gasteiger charge is -2.20. The molecule has 3 nitrogen and oxygen atoms in total. The summed E-state index contributed by atoms with van der Waals surface area (Å²) < 4.78 is 5.19. The first-order valence-electron chi connectivity index (χ1n) is 6.69. The van der Waals surface area contributed by atoms with E-state index in [4.69, 9.17) is 4.74 Å². The lowest BCUT2D eigenvalue weighted by Crippen LogP contribution is -2.24. The fraction of sp³-hybridized carbons (Fsp3) is 0.562. The maximum absolute atomic E-state index is 11.6. The molecule has 0 aliphatic rings. The van der Waals surface area contributed by atoms with Crippen molar-refractivity contribution >= 4 is 5.97 Å². The van der Waals surface area contributed by atoms with Gasteiger partial charge in [-0.15, -0.1) is 0 Å². The molecular formula is C16H24O3. The monoisotopic (exact) mass is 264 g/mol. The molecule has 0 saturated heterocycles. The van der Waals surface area contributed by atoms with Crippen LogP contribution in [-0.2, 0) is 9.53 Å². The topological polar surface area (TPSA) is 46.5 Å². The molecule has 0 heterocycles. The molecule has 0 fully saturated rings. The van der Waals surface area contributed by atoms with Crippen molar-refractivity contribution in [1.82, 2.24) is 0 Å². The number of carbonyl (C=O) groups excluding carboxylic acids is 1. The van der Waals surface area contributed by atoms with E-state index in [0.29, 0.717) is 5.92 Å². The third kappa shape index (κ3) is 5.43. The first-order valence-corrected chi connectivity index (χ1v) is 6.69. The molecule has 1 aromatic carbocycles. The zero-order valence-corrected chi connectivity index (χ0v) is 12.4. The summed E-state index contributed by atoms with van der Waals surface area (Å²) in [5, 5.41) is 10.0. The quantitative estimate of drug-likeness (QED) is 0.846. The first-order chi connectivity index (χ1) is 8.69. The highest BCUT2D eigenvalue weighted by Crippen LogP contribution is 2.22. The average molecular weight is 264 g/mol. The molecule has 1 unspecified atom stereocenters. The molecular weight excluding hydrogens is 240 g/mol. The Morgan fingerprint density at radius 3 is 2.05 bits per heavy atom. The average Bonchev–Trinajstić information content (AvgIpc) is 2.26. The summed E-state index contributed by atoms with van der Waals surface area (Å²) in [4.78, 5) is 11.6. The molecule has 1 aromatic rings. The molecule has 0 spiro atoms. The van der Waals surface area contributed by atoms with Crippen LogP contribution in [0.3, 0.4) is 0 Å². The Balaban J connectivity index is 2.63. The second-order valence-electron chi connectivity index (χ2n) is 6.13. The SMILES string of the molecule is CC(C)c1ccc(C(O)CC(=O)OC(C)(C)C)cc1. The van der Waals surface area contributed by atoms with Gasteiger partial charge < -0.3 is 9.84 Å². The van der Waals surface area contributed by atoms with Gasteiger partial charge in [0.15, 0.2) is 0 Å². The number of hydrogen-bond donors (Lipinski definition) is 1. The zero-order chi connectivity index (χ0) is 14.6. The molecule has 0 aliphatic carbocycles. The maximum atomic E-state index is 11.6. The van der Waals surface area contributed by atoms with E-state index < -0.39 is 11.7 Å². The van der Waals surface area contributed by atoms with E-state index in [9.17, 15) is 9.90 Å². The van der Waals surface area contributed by atoms with Crippen LogP contribution in [0.25, 0.3) is 0 Å². The predicted molar refractivity (Wildman–Crippen MR) is 76.0 cm³/mol. The highest BCUT2D eigenvalue weighted by atomic mass is 16.6. The molecule has 0 radical (unpaired) electrons. The number of hydrogen-bond acceptors (Lipinski definition) is 3. The lowest BCUT2D eigenvalue weighted by atomic mass is 9.99. The number of aliphatic hydroxyl groups is 1. The molecule has 106 valence electrons. The standard InChI is InChI=1S/C16H24O3/c1-11(2)12-6-8-13(9-7-12)14(17)10-15(18)19-16(3,4)5/h6-9,11,14,17H,10H2,1-5H3. The molecule has 3 heteroatoms. The van der Waals surface area contributed by atoms with Crippen LogP contribution in [-0.4, -0.2) is 16.7 Å². The van der Waals surface area contributed by atoms with Gasteiger partial charge in [-0.25, -0.2) is 0 Å². The van der Waals surface area contributed by atoms with Crippen LogP contribution in [0.15, 0.2) is 24.3 Å². The van der Waals surface area contributed by atoms with Crippen LogP contribution in [0, 0.1) is 0 Å². The molecule has 1 rings (SSSR count). The van der Waals surface area contributed by atoms with E-state index >= 15 is 0 Å². The van der Waals surface area contributed by atoms with Crippen molar-refractivity contribution in [2.24, 2.45) is 0 Å². The van der Waals surface area contributed by atoms with Crippen LogP contribution in [0.1, 0.15) is 64.2 Å². The minimum absolute atomic E-state index is 0.0156. The normalized spacial score (nSPS) is 13.4. The summed E-state index contributed by atoms with van der Waals surface area (Å²) in [6, 6.07) is 7.70. The molecule has 0 saturated carbocycles. The number of carbonyl (C=O) groups is 1. The lowest BCUT2D eigenvalue weighted by molar-refractivity contribution is -0.157. The molecule has 0 bridgehead atoms. The highest BCUT2D eigenvalue weighted by Gasteiger charge is 2.20. The molecule has 1 N–H and O–H groups in total. The van der Waals surface area contributed by atoms with Gasteiger partial charge in [0.05, 0.1) is 12.5 Å². The number of esters is 1. The molecule has 0 aliphatic heterocycles. The fourth-order valence-electron chi connectivity index (χ4n) is 1.76. The van der Waals surface area contributed by atoms with Crippen LogP contribution >= 0.6 is 0 Å². The van der Waals surface area contributed by atoms with Crippen molar-refractivity contribution in [2.45, 2.75) is 58.7 Å². The van der Waals surface area contributed by atoms with Gasteiger partial charge in [0.2, 0.25) is 0 Å². The summed E-state index contributed by atoms with van der Waals surface area (Å²) in [7, 11) is 0. The van der Waals surface area contributed by atoms with Gasteiger partial charge in [0.25, 0.3) is 0 Å². The predicted octanol–water partition coefficient (Wildman–Crippen LogP) is 3.58. The minimum Gasteiger partial charge on any atom is -0.460 e. The number of rotatable bonds is 4. The van der Waals surface area contributed by atoms with Gasteiger partial charge in [-0.3, -0.25) is 4.79 Å². The van der Waals surface area contributed by atoms with Crippen molar-refractivity contribution in [2.75, 3.05) is 0 Å². The Morgan fingerprint density at radius 1 is 1.16 bits per heavy atom. The Hall–Kier alpha value is -1.35. The summed E-state index contributed by atoms with van der Waals surface area (Å²) in [6.07, 6.45) is -0.825. The molecule has 1 atom stereocenters. The van der Waals surface area contributed by atoms with Crippen molar-refractivity contribution < 1.29 is 14.6 Å².